The monoisotopic (exact) mass is 1200 g/mol. The summed E-state index contributed by atoms with van der Waals surface area (Å²) in [5, 5.41) is 10.00. The number of nitrogens with zero attached hydrogens (tertiary/aromatic N) is 4. The summed E-state index contributed by atoms with van der Waals surface area (Å²) < 4.78 is 9.88. The van der Waals surface area contributed by atoms with Gasteiger partial charge in [0, 0.05) is 65.8 Å². The molecule has 0 saturated carbocycles. The third kappa shape index (κ3) is 9.06. The zero-order valence-corrected chi connectivity index (χ0v) is 51.4. The second-order valence-corrected chi connectivity index (χ2v) is 24.3. The predicted octanol–water partition coefficient (Wildman–Crippen LogP) is 24.1. The van der Waals surface area contributed by atoms with Crippen LogP contribution in [0.25, 0.3) is 166 Å². The minimum absolute atomic E-state index is 1.14. The Bertz CT molecular complexity index is 6020. The summed E-state index contributed by atoms with van der Waals surface area (Å²) in [5.74, 6) is 0. The Kier molecular flexibility index (Phi) is 13.2. The number of fused-ring (bicyclic) bond motifs is 14. The Labute approximate surface area is 544 Å². The van der Waals surface area contributed by atoms with Gasteiger partial charge in [0.25, 0.3) is 0 Å². The lowest BCUT2D eigenvalue weighted by Crippen LogP contribution is -1.99. The van der Waals surface area contributed by atoms with Crippen molar-refractivity contribution in [3.05, 3.63) is 364 Å². The van der Waals surface area contributed by atoms with Crippen LogP contribution in [0.2, 0.25) is 0 Å². The molecule has 4 aromatic heterocycles. The first-order chi connectivity index (χ1) is 46.7. The van der Waals surface area contributed by atoms with Crippen LogP contribution in [0.4, 0.5) is 0 Å². The van der Waals surface area contributed by atoms with Crippen LogP contribution >= 0.6 is 0 Å². The summed E-state index contributed by atoms with van der Waals surface area (Å²) in [7, 11) is 0. The van der Waals surface area contributed by atoms with Gasteiger partial charge in [-0.15, -0.1) is 0 Å². The van der Waals surface area contributed by atoms with E-state index in [1.54, 1.807) is 0 Å². The summed E-state index contributed by atoms with van der Waals surface area (Å²) >= 11 is 0. The fourth-order valence-electron chi connectivity index (χ4n) is 14.8. The molecule has 19 aromatic rings. The average molecular weight is 1200 g/mol. The van der Waals surface area contributed by atoms with Crippen LogP contribution in [0.15, 0.2) is 364 Å². The van der Waals surface area contributed by atoms with Gasteiger partial charge in [-0.3, -0.25) is 0 Å². The van der Waals surface area contributed by atoms with Crippen LogP contribution in [-0.2, 0) is 0 Å². The maximum atomic E-state index is 2.48. The molecular formula is C90H60N4. The number of rotatable bonds is 9. The van der Waals surface area contributed by atoms with Crippen molar-refractivity contribution in [2.24, 2.45) is 0 Å². The zero-order chi connectivity index (χ0) is 62.1. The van der Waals surface area contributed by atoms with Gasteiger partial charge >= 0.3 is 0 Å². The van der Waals surface area contributed by atoms with Crippen LogP contribution in [0, 0.1) is 0 Å². The summed E-state index contributed by atoms with van der Waals surface area (Å²) in [4.78, 5) is 0. The highest BCUT2D eigenvalue weighted by atomic mass is 15.1. The van der Waals surface area contributed by atoms with Crippen molar-refractivity contribution in [3.8, 4) is 78.4 Å². The molecule has 94 heavy (non-hydrogen) atoms. The van der Waals surface area contributed by atoms with Crippen molar-refractivity contribution in [3.63, 3.8) is 0 Å². The highest BCUT2D eigenvalue weighted by Crippen LogP contribution is 2.46. The van der Waals surface area contributed by atoms with Crippen LogP contribution < -0.4 is 0 Å². The van der Waals surface area contributed by atoms with Gasteiger partial charge in [0.1, 0.15) is 0 Å². The Balaban J connectivity index is 0.000000139. The second-order valence-electron chi connectivity index (χ2n) is 24.3. The Morgan fingerprint density at radius 3 is 0.968 bits per heavy atom. The third-order valence-corrected chi connectivity index (χ3v) is 19.0. The van der Waals surface area contributed by atoms with Crippen molar-refractivity contribution < 1.29 is 0 Å². The normalized spacial score (nSPS) is 11.6. The van der Waals surface area contributed by atoms with Gasteiger partial charge in [-0.25, -0.2) is 0 Å². The molecule has 0 unspecified atom stereocenters. The van der Waals surface area contributed by atoms with Crippen molar-refractivity contribution in [2.75, 3.05) is 0 Å². The van der Waals surface area contributed by atoms with Gasteiger partial charge in [-0.2, -0.15) is 0 Å². The molecule has 0 fully saturated rings. The summed E-state index contributed by atoms with van der Waals surface area (Å²) in [5.41, 5.74) is 26.4. The van der Waals surface area contributed by atoms with E-state index >= 15 is 0 Å². The van der Waals surface area contributed by atoms with E-state index < -0.39 is 0 Å². The van der Waals surface area contributed by atoms with Crippen molar-refractivity contribution in [1.82, 2.24) is 18.3 Å². The number of hydrogen-bond acceptors (Lipinski definition) is 0. The van der Waals surface area contributed by atoms with Gasteiger partial charge in [0.05, 0.1) is 44.1 Å². The van der Waals surface area contributed by atoms with E-state index in [1.807, 2.05) is 0 Å². The van der Waals surface area contributed by atoms with E-state index in [4.69, 9.17) is 0 Å². The third-order valence-electron chi connectivity index (χ3n) is 19.0. The van der Waals surface area contributed by atoms with E-state index in [0.717, 1.165) is 22.7 Å². The average Bonchev–Trinajstić information content (AvgIpc) is 1.55. The van der Waals surface area contributed by atoms with Crippen molar-refractivity contribution >= 4 is 87.2 Å². The molecule has 4 nitrogen and oxygen atoms in total. The zero-order valence-electron chi connectivity index (χ0n) is 51.4. The minimum atomic E-state index is 1.14. The lowest BCUT2D eigenvalue weighted by molar-refractivity contribution is 1.15. The first-order valence-corrected chi connectivity index (χ1v) is 32.3. The number of para-hydroxylation sites is 3. The molecule has 0 N–H and O–H groups in total. The van der Waals surface area contributed by atoms with Gasteiger partial charge in [0.2, 0.25) is 0 Å². The predicted molar refractivity (Wildman–Crippen MR) is 397 cm³/mol. The molecule has 0 radical (unpaired) electrons. The number of aromatic nitrogens is 4. The van der Waals surface area contributed by atoms with E-state index in [9.17, 15) is 0 Å². The molecule has 0 atom stereocenters. The van der Waals surface area contributed by atoms with Crippen LogP contribution in [0.5, 0.6) is 0 Å². The molecule has 0 bridgehead atoms. The van der Waals surface area contributed by atoms with Gasteiger partial charge in [-0.1, -0.05) is 285 Å². The number of benzene rings is 15. The molecular weight excluding hydrogens is 1140 g/mol. The summed E-state index contributed by atoms with van der Waals surface area (Å²) in [6.07, 6.45) is 0. The lowest BCUT2D eigenvalue weighted by Gasteiger charge is -2.14. The molecule has 19 rings (SSSR count). The van der Waals surface area contributed by atoms with Gasteiger partial charge < -0.3 is 18.3 Å². The molecule has 0 aliphatic heterocycles. The fourth-order valence-corrected chi connectivity index (χ4v) is 14.8. The smallest absolute Gasteiger partial charge is 0.0789 e. The SMILES string of the molecule is c1ccc(-c2ccc(-n3c4ccc(-c5ccccc5)cc4c4ccc5c6ccccc6n(-c6cccc(-c7ccccc7)c6)c5c43)cc2)cc1.c1ccc(-c2ccc(-n3c4ccccc4c4ccc5c6c(-c7ccccc7)cccc6n(-c6ccccc6)c5c43)cc2)cc1. The Hall–Kier alpha value is -12.5. The molecule has 0 saturated heterocycles. The fraction of sp³-hybridized carbons (Fsp3) is 0. The molecule has 0 spiro atoms. The van der Waals surface area contributed by atoms with E-state index in [0.29, 0.717) is 0 Å². The van der Waals surface area contributed by atoms with Crippen LogP contribution in [0.3, 0.4) is 0 Å². The largest absolute Gasteiger partial charge is 0.307 e. The maximum absolute atomic E-state index is 2.48. The van der Waals surface area contributed by atoms with Crippen LogP contribution in [-0.4, -0.2) is 18.3 Å². The summed E-state index contributed by atoms with van der Waals surface area (Å²) in [6.45, 7) is 0. The highest BCUT2D eigenvalue weighted by molar-refractivity contribution is 6.27. The highest BCUT2D eigenvalue weighted by Gasteiger charge is 2.25. The topological polar surface area (TPSA) is 19.7 Å². The molecule has 0 amide bonds. The van der Waals surface area contributed by atoms with E-state index in [2.05, 4.69) is 382 Å². The summed E-state index contributed by atoms with van der Waals surface area (Å²) in [6, 6.07) is 132. The molecule has 4 heterocycles. The second kappa shape index (κ2) is 22.8. The van der Waals surface area contributed by atoms with Crippen molar-refractivity contribution in [2.45, 2.75) is 0 Å². The first kappa shape index (κ1) is 54.4. The molecule has 15 aromatic carbocycles. The lowest BCUT2D eigenvalue weighted by atomic mass is 9.99. The maximum Gasteiger partial charge on any atom is 0.0789 e. The van der Waals surface area contributed by atoms with Gasteiger partial charge in [0.15, 0.2) is 0 Å². The molecule has 4 heteroatoms. The van der Waals surface area contributed by atoms with Crippen LogP contribution in [0.1, 0.15) is 0 Å². The molecule has 0 aliphatic rings. The molecule has 440 valence electrons. The van der Waals surface area contributed by atoms with E-state index in [-0.39, 0.29) is 0 Å². The standard InChI is InChI=1S/C48H32N2.C42H28N2/c1-4-13-33(14-5-1)36-23-26-39(27-24-36)49-46-30-25-38(35-17-8-3-9-18-35)32-44(46)43-29-28-42-41-21-10-11-22-45(41)50(47(42)48(43)49)40-20-12-19-37(31-40)34-15-6-2-7-16-34;1-4-13-29(14-5-1)30-23-25-33(26-24-30)43-38-21-11-10-19-35(38)36-27-28-37-40-34(31-15-6-2-7-16-31)20-12-22-39(40)44(42(37)41(36)43)32-17-8-3-9-18-32/h1-32H;1-28H. The number of hydrogen-bond donors (Lipinski definition) is 0. The quantitative estimate of drug-likeness (QED) is 0.137. The van der Waals surface area contributed by atoms with Crippen molar-refractivity contribution in [1.29, 1.82) is 0 Å². The minimum Gasteiger partial charge on any atom is -0.307 e. The van der Waals surface area contributed by atoms with Gasteiger partial charge in [-0.05, 0) is 134 Å². The first-order valence-electron chi connectivity index (χ1n) is 32.3. The Morgan fingerprint density at radius 1 is 0.149 bits per heavy atom. The van der Waals surface area contributed by atoms with E-state index in [1.165, 1.54) is 143 Å². The Morgan fingerprint density at radius 2 is 0.457 bits per heavy atom. The molecule has 0 aliphatic carbocycles.